The van der Waals surface area contributed by atoms with Crippen LogP contribution in [0, 0.1) is 0 Å². The summed E-state index contributed by atoms with van der Waals surface area (Å²) in [6, 6.07) is 44.2. The molecule has 1 fully saturated rings. The molecular formula is C39H50O2SSi2. The number of hydrogen-bond acceptors (Lipinski definition) is 3. The summed E-state index contributed by atoms with van der Waals surface area (Å²) in [5, 5.41) is 5.73. The predicted molar refractivity (Wildman–Crippen MR) is 196 cm³/mol. The monoisotopic (exact) mass is 638 g/mol. The van der Waals surface area contributed by atoms with Gasteiger partial charge in [-0.2, -0.15) is 11.8 Å². The zero-order valence-corrected chi connectivity index (χ0v) is 30.3. The lowest BCUT2D eigenvalue weighted by Crippen LogP contribution is -2.68. The average Bonchev–Trinajstić information content (AvgIpc) is 3.03. The van der Waals surface area contributed by atoms with Crippen molar-refractivity contribution < 1.29 is 8.85 Å². The van der Waals surface area contributed by atoms with Gasteiger partial charge in [0, 0.05) is 11.9 Å². The zero-order chi connectivity index (χ0) is 31.3. The van der Waals surface area contributed by atoms with Gasteiger partial charge in [0.15, 0.2) is 0 Å². The first-order chi connectivity index (χ1) is 21.1. The third-order valence-electron chi connectivity index (χ3n) is 9.26. The molecule has 0 unspecified atom stereocenters. The van der Waals surface area contributed by atoms with Gasteiger partial charge in [0.1, 0.15) is 0 Å². The van der Waals surface area contributed by atoms with Crippen molar-refractivity contribution in [1.82, 2.24) is 0 Å². The molecule has 0 saturated carbocycles. The van der Waals surface area contributed by atoms with Crippen LogP contribution in [0.2, 0.25) is 10.1 Å². The van der Waals surface area contributed by atoms with E-state index in [4.69, 9.17) is 8.85 Å². The van der Waals surface area contributed by atoms with Crippen LogP contribution in [0.3, 0.4) is 0 Å². The van der Waals surface area contributed by atoms with Crippen LogP contribution in [0.5, 0.6) is 0 Å². The Bertz CT molecular complexity index is 1350. The molecule has 0 aromatic heterocycles. The van der Waals surface area contributed by atoms with Crippen LogP contribution in [0.4, 0.5) is 0 Å². The van der Waals surface area contributed by atoms with E-state index in [0.717, 1.165) is 19.4 Å². The van der Waals surface area contributed by atoms with Crippen LogP contribution in [0.15, 0.2) is 121 Å². The van der Waals surface area contributed by atoms with Crippen LogP contribution >= 0.6 is 11.8 Å². The Labute approximate surface area is 272 Å². The quantitative estimate of drug-likeness (QED) is 0.165. The Kier molecular flexibility index (Phi) is 10.4. The van der Waals surface area contributed by atoms with E-state index < -0.39 is 16.6 Å². The molecule has 0 aliphatic carbocycles. The molecule has 1 aliphatic rings. The van der Waals surface area contributed by atoms with E-state index in [-0.39, 0.29) is 16.2 Å². The van der Waals surface area contributed by atoms with Gasteiger partial charge in [-0.15, -0.1) is 0 Å². The van der Waals surface area contributed by atoms with Crippen molar-refractivity contribution in [3.05, 3.63) is 121 Å². The third kappa shape index (κ3) is 6.59. The summed E-state index contributed by atoms with van der Waals surface area (Å²) in [6.07, 6.45) is 3.46. The van der Waals surface area contributed by atoms with Crippen molar-refractivity contribution in [2.75, 3.05) is 12.4 Å². The van der Waals surface area contributed by atoms with Crippen molar-refractivity contribution in [3.63, 3.8) is 0 Å². The Morgan fingerprint density at radius 1 is 0.591 bits per heavy atom. The predicted octanol–water partition coefficient (Wildman–Crippen LogP) is 7.79. The summed E-state index contributed by atoms with van der Waals surface area (Å²) in [7, 11) is -5.21. The Balaban J connectivity index is 1.47. The summed E-state index contributed by atoms with van der Waals surface area (Å²) in [5.41, 5.74) is 0. The van der Waals surface area contributed by atoms with Crippen LogP contribution in [-0.4, -0.2) is 40.3 Å². The SMILES string of the molecule is CC(C)(C)[Si](OCC[C@H]1SCCC[C@H]1O[Si](c1ccccc1)(c1ccccc1)C(C)(C)C)(c1ccccc1)c1ccccc1. The van der Waals surface area contributed by atoms with Gasteiger partial charge in [0.25, 0.3) is 16.6 Å². The minimum atomic E-state index is -2.64. The van der Waals surface area contributed by atoms with Crippen molar-refractivity contribution >= 4 is 49.1 Å². The summed E-state index contributed by atoms with van der Waals surface area (Å²) in [6.45, 7) is 15.0. The average molecular weight is 639 g/mol. The summed E-state index contributed by atoms with van der Waals surface area (Å²) in [4.78, 5) is 0. The van der Waals surface area contributed by atoms with Gasteiger partial charge >= 0.3 is 0 Å². The highest BCUT2D eigenvalue weighted by molar-refractivity contribution is 8.00. The number of rotatable bonds is 10. The van der Waals surface area contributed by atoms with Gasteiger partial charge in [0.2, 0.25) is 0 Å². The molecule has 0 N–H and O–H groups in total. The lowest BCUT2D eigenvalue weighted by molar-refractivity contribution is 0.156. The van der Waals surface area contributed by atoms with Gasteiger partial charge in [-0.05, 0) is 55.8 Å². The first kappa shape index (κ1) is 33.0. The smallest absolute Gasteiger partial charge is 0.261 e. The Morgan fingerprint density at radius 2 is 0.977 bits per heavy atom. The van der Waals surface area contributed by atoms with E-state index in [1.54, 1.807) is 0 Å². The van der Waals surface area contributed by atoms with Crippen LogP contribution in [-0.2, 0) is 8.85 Å². The van der Waals surface area contributed by atoms with E-state index >= 15 is 0 Å². The molecule has 232 valence electrons. The first-order valence-corrected chi connectivity index (χ1v) is 21.1. The van der Waals surface area contributed by atoms with Crippen LogP contribution in [0.25, 0.3) is 0 Å². The Morgan fingerprint density at radius 3 is 1.36 bits per heavy atom. The number of thioether (sulfide) groups is 1. The molecule has 0 spiro atoms. The first-order valence-electron chi connectivity index (χ1n) is 16.2. The second-order valence-corrected chi connectivity index (χ2v) is 24.1. The van der Waals surface area contributed by atoms with E-state index in [1.807, 2.05) is 0 Å². The molecule has 2 atom stereocenters. The van der Waals surface area contributed by atoms with Crippen molar-refractivity contribution in [1.29, 1.82) is 0 Å². The minimum Gasteiger partial charge on any atom is -0.407 e. The fourth-order valence-electron chi connectivity index (χ4n) is 7.22. The molecule has 1 saturated heterocycles. The van der Waals surface area contributed by atoms with Crippen molar-refractivity contribution in [2.45, 2.75) is 82.2 Å². The zero-order valence-electron chi connectivity index (χ0n) is 27.5. The van der Waals surface area contributed by atoms with Gasteiger partial charge in [-0.3, -0.25) is 0 Å². The summed E-state index contributed by atoms with van der Waals surface area (Å²) < 4.78 is 15.1. The van der Waals surface area contributed by atoms with Gasteiger partial charge in [-0.25, -0.2) is 0 Å². The topological polar surface area (TPSA) is 18.5 Å². The highest BCUT2D eigenvalue weighted by atomic mass is 32.2. The molecule has 5 rings (SSSR count). The fraction of sp³-hybridized carbons (Fsp3) is 0.385. The standard InChI is InChI=1S/C39H50O2SSi2/c1-38(2,3)43(32-20-11-7-12-21-32,33-22-13-8-14-23-33)40-30-29-37-36(28-19-31-42-37)41-44(39(4,5)6,34-24-15-9-16-25-34)35-26-17-10-18-27-35/h7-18,20-27,36-37H,19,28-31H2,1-6H3/t36-,37-/m1/s1. The minimum absolute atomic E-state index is 0.0275. The molecule has 4 aromatic rings. The van der Waals surface area contributed by atoms with Crippen molar-refractivity contribution in [2.24, 2.45) is 0 Å². The van der Waals surface area contributed by atoms with Gasteiger partial charge in [0.05, 0.1) is 6.10 Å². The third-order valence-corrected chi connectivity index (χ3v) is 20.9. The normalized spacial score (nSPS) is 18.2. The van der Waals surface area contributed by atoms with Crippen LogP contribution < -0.4 is 20.7 Å². The van der Waals surface area contributed by atoms with E-state index in [0.29, 0.717) is 5.25 Å². The second kappa shape index (κ2) is 13.9. The maximum Gasteiger partial charge on any atom is 0.261 e. The lowest BCUT2D eigenvalue weighted by Gasteiger charge is -2.47. The molecule has 1 heterocycles. The highest BCUT2D eigenvalue weighted by Crippen LogP contribution is 2.42. The molecule has 0 radical (unpaired) electrons. The Hall–Kier alpha value is -2.42. The summed E-state index contributed by atoms with van der Waals surface area (Å²) in [5.74, 6) is 1.19. The molecule has 2 nitrogen and oxygen atoms in total. The fourth-order valence-corrected chi connectivity index (χ4v) is 18.0. The molecule has 4 aromatic carbocycles. The molecule has 44 heavy (non-hydrogen) atoms. The number of benzene rings is 4. The van der Waals surface area contributed by atoms with E-state index in [1.165, 1.54) is 32.9 Å². The highest BCUT2D eigenvalue weighted by Gasteiger charge is 2.53. The van der Waals surface area contributed by atoms with Crippen molar-refractivity contribution in [3.8, 4) is 0 Å². The van der Waals surface area contributed by atoms with Gasteiger partial charge < -0.3 is 8.85 Å². The molecule has 0 amide bonds. The molecule has 1 aliphatic heterocycles. The molecule has 5 heteroatoms. The van der Waals surface area contributed by atoms with Crippen LogP contribution in [0.1, 0.15) is 60.8 Å². The maximum atomic E-state index is 7.72. The maximum absolute atomic E-state index is 7.72. The second-order valence-electron chi connectivity index (χ2n) is 14.2. The molecular weight excluding hydrogens is 589 g/mol. The summed E-state index contributed by atoms with van der Waals surface area (Å²) >= 11 is 2.10. The van der Waals surface area contributed by atoms with Gasteiger partial charge in [-0.1, -0.05) is 163 Å². The lowest BCUT2D eigenvalue weighted by atomic mass is 10.1. The molecule has 0 bridgehead atoms. The van der Waals surface area contributed by atoms with E-state index in [9.17, 15) is 0 Å². The van der Waals surface area contributed by atoms with E-state index in [2.05, 4.69) is 175 Å². The largest absolute Gasteiger partial charge is 0.407 e. The number of hydrogen-bond donors (Lipinski definition) is 0.